The molecule has 0 radical (unpaired) electrons. The van der Waals surface area contributed by atoms with Crippen molar-refractivity contribution in [3.63, 3.8) is 0 Å². The van der Waals surface area contributed by atoms with Crippen LogP contribution in [0.4, 0.5) is 5.82 Å². The van der Waals surface area contributed by atoms with Crippen molar-refractivity contribution in [2.75, 3.05) is 25.0 Å². The second-order valence-corrected chi connectivity index (χ2v) is 6.69. The molecule has 0 saturated carbocycles. The number of hydrogen-bond acceptors (Lipinski definition) is 4. The third kappa shape index (κ3) is 3.58. The van der Waals surface area contributed by atoms with Crippen molar-refractivity contribution in [1.82, 2.24) is 9.97 Å². The predicted molar refractivity (Wildman–Crippen MR) is 103 cm³/mol. The fourth-order valence-electron chi connectivity index (χ4n) is 3.48. The van der Waals surface area contributed by atoms with E-state index in [1.807, 2.05) is 54.6 Å². The van der Waals surface area contributed by atoms with Crippen LogP contribution in [0.1, 0.15) is 19.3 Å². The highest BCUT2D eigenvalue weighted by atomic mass is 16.2. The van der Waals surface area contributed by atoms with Crippen LogP contribution in [0, 0.1) is 0 Å². The Morgan fingerprint density at radius 1 is 1.00 bits per heavy atom. The minimum Gasteiger partial charge on any atom is -0.369 e. The number of likely N-dealkylation sites (tertiary alicyclic amines) is 1. The first-order chi connectivity index (χ1) is 12.8. The standard InChI is InChI=1S/C21H22N4O/c26-19-12-6-14-25(19)15-7-13-22-21-17-10-4-5-11-18(17)23-20(24-21)16-8-2-1-3-9-16/h1-5,8-11H,6-7,12-15H2,(H,22,23,24)/p+1. The third-order valence-corrected chi connectivity index (χ3v) is 4.86. The van der Waals surface area contributed by atoms with Crippen LogP contribution in [0.2, 0.25) is 0 Å². The Kier molecular flexibility index (Phi) is 4.88. The number of nitrogens with zero attached hydrogens (tertiary/aromatic N) is 2. The second-order valence-electron chi connectivity index (χ2n) is 6.69. The Hall–Kier alpha value is -2.79. The molecule has 1 fully saturated rings. The quantitative estimate of drug-likeness (QED) is 0.672. The van der Waals surface area contributed by atoms with E-state index in [-0.39, 0.29) is 0 Å². The van der Waals surface area contributed by atoms with Gasteiger partial charge in [0.15, 0.2) is 5.82 Å². The van der Waals surface area contributed by atoms with Crippen molar-refractivity contribution in [2.45, 2.75) is 19.3 Å². The van der Waals surface area contributed by atoms with Gasteiger partial charge >= 0.3 is 5.91 Å². The van der Waals surface area contributed by atoms with Crippen LogP contribution in [0.5, 0.6) is 0 Å². The van der Waals surface area contributed by atoms with Gasteiger partial charge in [0.1, 0.15) is 5.82 Å². The van der Waals surface area contributed by atoms with Crippen LogP contribution in [0.3, 0.4) is 0 Å². The van der Waals surface area contributed by atoms with Crippen molar-refractivity contribution in [3.8, 4) is 11.4 Å². The fraction of sp³-hybridized carbons (Fsp3) is 0.286. The van der Waals surface area contributed by atoms with E-state index < -0.39 is 0 Å². The van der Waals surface area contributed by atoms with Crippen molar-refractivity contribution in [2.24, 2.45) is 0 Å². The molecule has 1 aliphatic heterocycles. The van der Waals surface area contributed by atoms with Crippen LogP contribution in [-0.2, 0) is 4.79 Å². The number of benzene rings is 2. The molecule has 1 amide bonds. The van der Waals surface area contributed by atoms with E-state index in [9.17, 15) is 4.79 Å². The average Bonchev–Trinajstić information content (AvgIpc) is 3.10. The highest BCUT2D eigenvalue weighted by Gasteiger charge is 2.25. The zero-order chi connectivity index (χ0) is 17.8. The monoisotopic (exact) mass is 347 g/mol. The van der Waals surface area contributed by atoms with Crippen LogP contribution >= 0.6 is 0 Å². The predicted octanol–water partition coefficient (Wildman–Crippen LogP) is 2.30. The number of carbonyl (C=O) groups is 1. The lowest BCUT2D eigenvalue weighted by molar-refractivity contribution is -0.811. The van der Waals surface area contributed by atoms with Crippen LogP contribution in [0.25, 0.3) is 22.3 Å². The highest BCUT2D eigenvalue weighted by molar-refractivity contribution is 5.90. The number of rotatable bonds is 6. The zero-order valence-electron chi connectivity index (χ0n) is 14.7. The smallest absolute Gasteiger partial charge is 0.312 e. The molecule has 26 heavy (non-hydrogen) atoms. The Morgan fingerprint density at radius 3 is 2.62 bits per heavy atom. The number of amides is 1. The molecule has 2 N–H and O–H groups in total. The number of carbonyl (C=O) groups excluding carboxylic acids is 1. The number of aromatic nitrogens is 2. The maximum Gasteiger partial charge on any atom is 0.312 e. The molecule has 132 valence electrons. The summed E-state index contributed by atoms with van der Waals surface area (Å²) in [5.74, 6) is 1.95. The molecule has 1 unspecified atom stereocenters. The Labute approximate surface area is 153 Å². The lowest BCUT2D eigenvalue weighted by Crippen LogP contribution is -3.12. The first-order valence-corrected chi connectivity index (χ1v) is 9.25. The van der Waals surface area contributed by atoms with Crippen LogP contribution in [0.15, 0.2) is 54.6 Å². The molecule has 0 bridgehead atoms. The summed E-state index contributed by atoms with van der Waals surface area (Å²) in [6, 6.07) is 18.1. The summed E-state index contributed by atoms with van der Waals surface area (Å²) in [5.41, 5.74) is 1.94. The molecule has 1 aromatic heterocycles. The molecule has 2 aromatic carbocycles. The normalized spacial score (nSPS) is 16.9. The van der Waals surface area contributed by atoms with Gasteiger partial charge in [-0.25, -0.2) is 14.8 Å². The molecule has 1 aliphatic rings. The van der Waals surface area contributed by atoms with Gasteiger partial charge in [-0.2, -0.15) is 0 Å². The Balaban J connectivity index is 1.52. The first-order valence-electron chi connectivity index (χ1n) is 9.25. The summed E-state index contributed by atoms with van der Waals surface area (Å²) in [4.78, 5) is 22.3. The van der Waals surface area contributed by atoms with E-state index in [2.05, 4.69) is 5.32 Å². The minimum absolute atomic E-state index is 0.365. The minimum atomic E-state index is 0.365. The van der Waals surface area contributed by atoms with Crippen LogP contribution in [-0.4, -0.2) is 35.5 Å². The molecule has 5 heteroatoms. The summed E-state index contributed by atoms with van der Waals surface area (Å²) < 4.78 is 0. The topological polar surface area (TPSA) is 59.3 Å². The number of hydrogen-bond donors (Lipinski definition) is 2. The van der Waals surface area contributed by atoms with E-state index in [1.54, 1.807) is 0 Å². The van der Waals surface area contributed by atoms with Gasteiger partial charge in [-0.15, -0.1) is 0 Å². The summed E-state index contributed by atoms with van der Waals surface area (Å²) in [5, 5.41) is 4.49. The largest absolute Gasteiger partial charge is 0.369 e. The molecule has 0 spiro atoms. The van der Waals surface area contributed by atoms with Crippen molar-refractivity contribution in [1.29, 1.82) is 0 Å². The van der Waals surface area contributed by atoms with E-state index in [0.29, 0.717) is 5.91 Å². The summed E-state index contributed by atoms with van der Waals surface area (Å²) >= 11 is 0. The summed E-state index contributed by atoms with van der Waals surface area (Å²) in [6.07, 6.45) is 2.71. The highest BCUT2D eigenvalue weighted by Crippen LogP contribution is 2.24. The van der Waals surface area contributed by atoms with E-state index in [1.165, 1.54) is 0 Å². The number of anilines is 1. The van der Waals surface area contributed by atoms with Gasteiger partial charge in [-0.3, -0.25) is 4.90 Å². The molecule has 0 aliphatic carbocycles. The van der Waals surface area contributed by atoms with Crippen molar-refractivity contribution in [3.05, 3.63) is 54.6 Å². The molecule has 3 aromatic rings. The lowest BCUT2D eigenvalue weighted by Gasteiger charge is -2.12. The van der Waals surface area contributed by atoms with E-state index in [0.717, 1.165) is 71.9 Å². The molecule has 1 saturated heterocycles. The molecule has 4 rings (SSSR count). The Morgan fingerprint density at radius 2 is 1.81 bits per heavy atom. The van der Waals surface area contributed by atoms with Gasteiger partial charge in [0.25, 0.3) is 0 Å². The molecular weight excluding hydrogens is 324 g/mol. The van der Waals surface area contributed by atoms with Gasteiger partial charge in [-0.05, 0) is 12.1 Å². The third-order valence-electron chi connectivity index (χ3n) is 4.86. The first kappa shape index (κ1) is 16.7. The van der Waals surface area contributed by atoms with Gasteiger partial charge in [0.2, 0.25) is 0 Å². The second kappa shape index (κ2) is 7.62. The van der Waals surface area contributed by atoms with Gasteiger partial charge in [0.05, 0.1) is 25.0 Å². The molecule has 1 atom stereocenters. The van der Waals surface area contributed by atoms with E-state index >= 15 is 0 Å². The van der Waals surface area contributed by atoms with Gasteiger partial charge < -0.3 is 5.32 Å². The van der Waals surface area contributed by atoms with Crippen LogP contribution < -0.4 is 10.2 Å². The Bertz CT molecular complexity index is 910. The van der Waals surface area contributed by atoms with Crippen molar-refractivity contribution < 1.29 is 9.69 Å². The zero-order valence-corrected chi connectivity index (χ0v) is 14.7. The van der Waals surface area contributed by atoms with E-state index in [4.69, 9.17) is 9.97 Å². The maximum atomic E-state index is 11.7. The molecule has 2 heterocycles. The number of fused-ring (bicyclic) bond motifs is 1. The number of nitrogens with one attached hydrogen (secondary N) is 2. The SMILES string of the molecule is O=C1CCC[NH+]1CCCNc1nc(-c2ccccc2)nc2ccccc12. The summed E-state index contributed by atoms with van der Waals surface area (Å²) in [6.45, 7) is 2.67. The number of quaternary nitrogens is 1. The maximum absolute atomic E-state index is 11.7. The summed E-state index contributed by atoms with van der Waals surface area (Å²) in [7, 11) is 0. The van der Waals surface area contributed by atoms with Crippen molar-refractivity contribution >= 4 is 22.6 Å². The lowest BCUT2D eigenvalue weighted by atomic mass is 10.2. The molecule has 5 nitrogen and oxygen atoms in total. The number of para-hydroxylation sites is 1. The van der Waals surface area contributed by atoms with Gasteiger partial charge in [-0.1, -0.05) is 42.5 Å². The van der Waals surface area contributed by atoms with Gasteiger partial charge in [0, 0.05) is 30.3 Å². The fourth-order valence-corrected chi connectivity index (χ4v) is 3.48. The molecular formula is C21H23N4O+. The average molecular weight is 347 g/mol.